The third-order valence-corrected chi connectivity index (χ3v) is 9.69. The van der Waals surface area contributed by atoms with Gasteiger partial charge in [-0.15, -0.1) is 0 Å². The summed E-state index contributed by atoms with van der Waals surface area (Å²) in [5.41, 5.74) is 11.9. The molecule has 4 rings (SSSR count). The number of nitrogens with zero attached hydrogens (tertiary/aromatic N) is 1. The van der Waals surface area contributed by atoms with E-state index in [-0.39, 0.29) is 27.1 Å². The second-order valence-corrected chi connectivity index (χ2v) is 18.4. The topological polar surface area (TPSA) is 3.24 Å². The van der Waals surface area contributed by atoms with Crippen LogP contribution in [0.4, 0.5) is 5.69 Å². The average molecular weight is 594 g/mol. The van der Waals surface area contributed by atoms with Crippen LogP contribution in [0.5, 0.6) is 0 Å². The Bertz CT molecular complexity index is 1360. The van der Waals surface area contributed by atoms with Gasteiger partial charge in [-0.3, -0.25) is 0 Å². The summed E-state index contributed by atoms with van der Waals surface area (Å²) >= 11 is 1.73. The standard InChI is InChI=1S/C41H55NS/c1-37(2,3)29-19-27(20-30(23-29)38(4,5)6)33-17-16-18-34(36(33)42-25-35(43-26-42)41(13,14)15)28-21-31(39(7,8)9)24-32(22-28)40(10,11)12/h16-25H,1-15H3. The largest absolute Gasteiger partial charge is 0.324 e. The van der Waals surface area contributed by atoms with E-state index in [0.717, 1.165) is 0 Å². The molecule has 0 atom stereocenters. The molecule has 0 unspecified atom stereocenters. The van der Waals surface area contributed by atoms with Gasteiger partial charge in [0.25, 0.3) is 0 Å². The fourth-order valence-electron chi connectivity index (χ4n) is 5.29. The highest BCUT2D eigenvalue weighted by Crippen LogP contribution is 2.49. The highest BCUT2D eigenvalue weighted by Gasteiger charge is 2.30. The van der Waals surface area contributed by atoms with Gasteiger partial charge in [0, 0.05) is 22.2 Å². The van der Waals surface area contributed by atoms with E-state index in [9.17, 15) is 0 Å². The summed E-state index contributed by atoms with van der Waals surface area (Å²) in [7, 11) is 0. The Morgan fingerprint density at radius 1 is 0.488 bits per heavy atom. The van der Waals surface area contributed by atoms with Gasteiger partial charge in [-0.2, -0.15) is 0 Å². The van der Waals surface area contributed by atoms with Crippen LogP contribution in [0.1, 0.15) is 126 Å². The molecule has 2 radical (unpaired) electrons. The third-order valence-electron chi connectivity index (χ3n) is 8.47. The minimum absolute atomic E-state index is 0.0392. The molecule has 0 aliphatic carbocycles. The number of rotatable bonds is 3. The smallest absolute Gasteiger partial charge is 0.168 e. The normalized spacial score (nSPS) is 15.2. The van der Waals surface area contributed by atoms with Crippen LogP contribution in [0.25, 0.3) is 22.3 Å². The Labute approximate surface area is 268 Å². The molecule has 1 aliphatic heterocycles. The summed E-state index contributed by atoms with van der Waals surface area (Å²) in [4.78, 5) is 3.60. The van der Waals surface area contributed by atoms with Crippen molar-refractivity contribution < 1.29 is 0 Å². The molecule has 1 aliphatic rings. The molecule has 0 aromatic heterocycles. The van der Waals surface area contributed by atoms with Gasteiger partial charge in [0.1, 0.15) is 0 Å². The zero-order valence-electron chi connectivity index (χ0n) is 29.6. The van der Waals surface area contributed by atoms with Gasteiger partial charge in [-0.05, 0) is 60.5 Å². The van der Waals surface area contributed by atoms with E-state index in [2.05, 4.69) is 175 Å². The lowest BCUT2D eigenvalue weighted by atomic mass is 9.77. The van der Waals surface area contributed by atoms with E-state index in [1.165, 1.54) is 55.1 Å². The van der Waals surface area contributed by atoms with Crippen molar-refractivity contribution in [3.63, 3.8) is 0 Å². The number of benzene rings is 3. The lowest BCUT2D eigenvalue weighted by Gasteiger charge is -2.29. The maximum Gasteiger partial charge on any atom is 0.168 e. The molecule has 0 saturated carbocycles. The van der Waals surface area contributed by atoms with Crippen molar-refractivity contribution in [2.45, 2.75) is 126 Å². The fourth-order valence-corrected chi connectivity index (χ4v) is 6.10. The molecule has 0 amide bonds. The van der Waals surface area contributed by atoms with Crippen LogP contribution in [0.2, 0.25) is 0 Å². The average Bonchev–Trinajstić information content (AvgIpc) is 3.36. The van der Waals surface area contributed by atoms with E-state index in [1.807, 2.05) is 0 Å². The lowest BCUT2D eigenvalue weighted by molar-refractivity contribution is 0.533. The van der Waals surface area contributed by atoms with Gasteiger partial charge in [0.05, 0.1) is 5.69 Å². The first-order valence-electron chi connectivity index (χ1n) is 15.9. The zero-order chi connectivity index (χ0) is 32.3. The minimum Gasteiger partial charge on any atom is -0.324 e. The van der Waals surface area contributed by atoms with Gasteiger partial charge in [-0.25, -0.2) is 0 Å². The number of hydrogen-bond acceptors (Lipinski definition) is 2. The molecule has 0 spiro atoms. The predicted octanol–water partition coefficient (Wildman–Crippen LogP) is 12.6. The van der Waals surface area contributed by atoms with Crippen LogP contribution in [0.3, 0.4) is 0 Å². The van der Waals surface area contributed by atoms with Crippen LogP contribution in [0, 0.1) is 11.3 Å². The maximum absolute atomic E-state index is 3.69. The number of thioether (sulfide) groups is 1. The van der Waals surface area contributed by atoms with E-state index in [4.69, 9.17) is 0 Å². The highest BCUT2D eigenvalue weighted by atomic mass is 32.2. The fraction of sp³-hybridized carbons (Fsp3) is 0.488. The van der Waals surface area contributed by atoms with E-state index in [0.29, 0.717) is 0 Å². The molecule has 0 saturated heterocycles. The quantitative estimate of drug-likeness (QED) is 0.297. The highest BCUT2D eigenvalue weighted by molar-refractivity contribution is 8.05. The number of hydrogen-bond donors (Lipinski definition) is 0. The summed E-state index contributed by atoms with van der Waals surface area (Å²) in [6, 6.07) is 21.4. The summed E-state index contributed by atoms with van der Waals surface area (Å²) < 4.78 is 0. The van der Waals surface area contributed by atoms with Gasteiger partial charge in [0.15, 0.2) is 5.88 Å². The first-order valence-corrected chi connectivity index (χ1v) is 16.7. The first kappa shape index (κ1) is 33.4. The molecule has 0 N–H and O–H groups in total. The van der Waals surface area contributed by atoms with Crippen LogP contribution in [0.15, 0.2) is 65.7 Å². The van der Waals surface area contributed by atoms with Crippen molar-refractivity contribution in [2.24, 2.45) is 5.41 Å². The van der Waals surface area contributed by atoms with Crippen molar-refractivity contribution in [3.05, 3.63) is 93.8 Å². The molecule has 2 heteroatoms. The Morgan fingerprint density at radius 2 is 0.837 bits per heavy atom. The van der Waals surface area contributed by atoms with Crippen LogP contribution >= 0.6 is 11.8 Å². The monoisotopic (exact) mass is 593 g/mol. The third kappa shape index (κ3) is 7.44. The summed E-state index contributed by atoms with van der Waals surface area (Å²) in [5, 5.41) is 0. The number of allylic oxidation sites excluding steroid dienone is 1. The SMILES string of the molecule is CC(C)(C)C1=CN(c2c(-c3cc(C(C)(C)C)cc(C(C)(C)C)c3)cccc2-c2cc(C(C)(C)C)cc(C(C)(C)C)c2)[C]S1. The molecular weight excluding hydrogens is 539 g/mol. The van der Waals surface area contributed by atoms with Crippen LogP contribution < -0.4 is 4.90 Å². The Balaban J connectivity index is 2.10. The number of para-hydroxylation sites is 1. The van der Waals surface area contributed by atoms with Crippen molar-refractivity contribution in [1.29, 1.82) is 0 Å². The summed E-state index contributed by atoms with van der Waals surface area (Å²) in [6.07, 6.45) is 2.31. The second kappa shape index (κ2) is 11.2. The molecule has 230 valence electrons. The van der Waals surface area contributed by atoms with Gasteiger partial charge in [0.2, 0.25) is 0 Å². The first-order chi connectivity index (χ1) is 19.5. The maximum atomic E-state index is 3.69. The van der Waals surface area contributed by atoms with Gasteiger partial charge in [-0.1, -0.05) is 170 Å². The number of anilines is 1. The summed E-state index contributed by atoms with van der Waals surface area (Å²) in [6.45, 7) is 34.7. The lowest BCUT2D eigenvalue weighted by Crippen LogP contribution is -2.17. The predicted molar refractivity (Wildman–Crippen MR) is 193 cm³/mol. The Hall–Kier alpha value is -2.45. The van der Waals surface area contributed by atoms with Crippen molar-refractivity contribution >= 4 is 17.4 Å². The molecule has 1 heterocycles. The molecular formula is C41H55NS. The second-order valence-electron chi connectivity index (χ2n) is 17.6. The molecule has 3 aromatic carbocycles. The Morgan fingerprint density at radius 3 is 1.12 bits per heavy atom. The zero-order valence-corrected chi connectivity index (χ0v) is 30.4. The van der Waals surface area contributed by atoms with E-state index >= 15 is 0 Å². The van der Waals surface area contributed by atoms with Crippen LogP contribution in [-0.2, 0) is 21.7 Å². The van der Waals surface area contributed by atoms with Crippen LogP contribution in [-0.4, -0.2) is 0 Å². The van der Waals surface area contributed by atoms with Crippen molar-refractivity contribution in [3.8, 4) is 22.3 Å². The van der Waals surface area contributed by atoms with Gasteiger partial charge < -0.3 is 4.90 Å². The Kier molecular flexibility index (Phi) is 8.68. The molecule has 43 heavy (non-hydrogen) atoms. The molecule has 1 nitrogen and oxygen atoms in total. The molecule has 0 fully saturated rings. The van der Waals surface area contributed by atoms with E-state index in [1.54, 1.807) is 11.8 Å². The van der Waals surface area contributed by atoms with Crippen molar-refractivity contribution in [2.75, 3.05) is 4.90 Å². The minimum atomic E-state index is 0.0392. The van der Waals surface area contributed by atoms with E-state index < -0.39 is 0 Å². The summed E-state index contributed by atoms with van der Waals surface area (Å²) in [5.74, 6) is 3.69. The van der Waals surface area contributed by atoms with Crippen molar-refractivity contribution in [1.82, 2.24) is 0 Å². The van der Waals surface area contributed by atoms with Gasteiger partial charge >= 0.3 is 0 Å². The molecule has 3 aromatic rings. The molecule has 0 bridgehead atoms.